The fourth-order valence-corrected chi connectivity index (χ4v) is 4.36. The number of rotatable bonds is 2. The molecule has 1 aliphatic rings. The molecule has 1 amide bonds. The van der Waals surface area contributed by atoms with Crippen molar-refractivity contribution in [2.45, 2.75) is 19.1 Å². The number of benzene rings is 1. The van der Waals surface area contributed by atoms with Crippen molar-refractivity contribution in [2.75, 3.05) is 11.4 Å². The van der Waals surface area contributed by atoms with Gasteiger partial charge in [-0.3, -0.25) is 13.9 Å². The molecular weight excluding hydrogens is 522 g/mol. The maximum Gasteiger partial charge on any atom is 0.416 e. The monoisotopic (exact) mass is 537 g/mol. The molecule has 4 heterocycles. The normalized spacial score (nSPS) is 16.7. The van der Waals surface area contributed by atoms with Crippen molar-refractivity contribution in [3.63, 3.8) is 0 Å². The second-order valence-electron chi connectivity index (χ2n) is 7.39. The van der Waals surface area contributed by atoms with E-state index >= 15 is 0 Å². The van der Waals surface area contributed by atoms with Gasteiger partial charge in [-0.05, 0) is 65.9 Å². The maximum absolute atomic E-state index is 13.4. The zero-order chi connectivity index (χ0) is 21.9. The lowest BCUT2D eigenvalue weighted by Crippen LogP contribution is -2.42. The molecule has 0 bridgehead atoms. The number of halogens is 4. The molecule has 1 aromatic carbocycles. The fourth-order valence-electron chi connectivity index (χ4n) is 3.84. The van der Waals surface area contributed by atoms with E-state index in [1.165, 1.54) is 17.0 Å². The van der Waals surface area contributed by atoms with Gasteiger partial charge in [0.1, 0.15) is 15.0 Å². The van der Waals surface area contributed by atoms with E-state index in [0.717, 1.165) is 27.0 Å². The number of imidazole rings is 1. The molecule has 3 aromatic heterocycles. The molecule has 1 atom stereocenters. The summed E-state index contributed by atoms with van der Waals surface area (Å²) in [6.07, 6.45) is 0.890. The Labute approximate surface area is 188 Å². The van der Waals surface area contributed by atoms with E-state index in [4.69, 9.17) is 0 Å². The quantitative estimate of drug-likeness (QED) is 0.337. The number of anilines is 1. The van der Waals surface area contributed by atoms with Crippen LogP contribution in [-0.2, 0) is 6.18 Å². The molecular formula is C21H15F3IN5O. The summed E-state index contributed by atoms with van der Waals surface area (Å²) in [5.41, 5.74) is 2.35. The molecule has 158 valence electrons. The number of hydrogen-bond donors (Lipinski definition) is 0. The predicted molar refractivity (Wildman–Crippen MR) is 117 cm³/mol. The van der Waals surface area contributed by atoms with E-state index in [9.17, 15) is 18.0 Å². The van der Waals surface area contributed by atoms with Gasteiger partial charge in [0.2, 0.25) is 0 Å². The van der Waals surface area contributed by atoms with Gasteiger partial charge in [-0.15, -0.1) is 0 Å². The summed E-state index contributed by atoms with van der Waals surface area (Å²) in [5.74, 6) is -0.300. The molecule has 0 spiro atoms. The Morgan fingerprint density at radius 1 is 1.10 bits per heavy atom. The van der Waals surface area contributed by atoms with Crippen LogP contribution in [0.1, 0.15) is 29.0 Å². The topological polar surface area (TPSA) is 55.4 Å². The van der Waals surface area contributed by atoms with E-state index in [-0.39, 0.29) is 11.9 Å². The zero-order valence-corrected chi connectivity index (χ0v) is 18.3. The van der Waals surface area contributed by atoms with Crippen LogP contribution in [0.4, 0.5) is 18.9 Å². The molecule has 0 radical (unpaired) electrons. The van der Waals surface area contributed by atoms with Gasteiger partial charge in [0, 0.05) is 29.6 Å². The van der Waals surface area contributed by atoms with Gasteiger partial charge in [0.15, 0.2) is 0 Å². The van der Waals surface area contributed by atoms with E-state index < -0.39 is 11.7 Å². The highest BCUT2D eigenvalue weighted by Crippen LogP contribution is 2.35. The maximum atomic E-state index is 13.4. The fraction of sp³-hybridized carbons (Fsp3) is 0.190. The third-order valence-corrected chi connectivity index (χ3v) is 6.18. The molecule has 10 heteroatoms. The van der Waals surface area contributed by atoms with Crippen LogP contribution in [0.5, 0.6) is 0 Å². The molecule has 0 aliphatic carbocycles. The first-order valence-electron chi connectivity index (χ1n) is 9.43. The summed E-state index contributed by atoms with van der Waals surface area (Å²) in [7, 11) is 0. The molecule has 0 unspecified atom stereocenters. The van der Waals surface area contributed by atoms with Crippen molar-refractivity contribution >= 4 is 39.8 Å². The molecule has 4 aromatic rings. The highest BCUT2D eigenvalue weighted by molar-refractivity contribution is 14.1. The van der Waals surface area contributed by atoms with Crippen LogP contribution in [0.25, 0.3) is 16.8 Å². The Hall–Kier alpha value is -2.89. The lowest BCUT2D eigenvalue weighted by atomic mass is 10.0. The third kappa shape index (κ3) is 3.29. The van der Waals surface area contributed by atoms with E-state index in [2.05, 4.69) is 32.7 Å². The van der Waals surface area contributed by atoms with Crippen LogP contribution in [0.3, 0.4) is 0 Å². The van der Waals surface area contributed by atoms with Crippen LogP contribution >= 0.6 is 22.6 Å². The van der Waals surface area contributed by atoms with Crippen molar-refractivity contribution in [1.29, 1.82) is 0 Å². The second kappa shape index (κ2) is 7.08. The number of carbonyl (C=O) groups excluding carboxylic acids is 1. The lowest BCUT2D eigenvalue weighted by molar-refractivity contribution is -0.137. The molecule has 0 N–H and O–H groups in total. The number of alkyl halides is 3. The Morgan fingerprint density at radius 2 is 1.84 bits per heavy atom. The standard InChI is InChI=1S/C21H15F3IN5O/c1-12-10-28(15-5-3-14(4-6-15)21(22,23)24)20(31)19-16(8-27-30(12)19)13-2-7-18-26-9-17(25)29(18)11-13/h2-9,11-12H,10H2,1H3/t12-/m0/s1. The van der Waals surface area contributed by atoms with Gasteiger partial charge in [0.25, 0.3) is 5.91 Å². The average Bonchev–Trinajstić information content (AvgIpc) is 3.35. The second-order valence-corrected chi connectivity index (χ2v) is 8.49. The number of carbonyl (C=O) groups is 1. The minimum absolute atomic E-state index is 0.138. The predicted octanol–water partition coefficient (Wildman–Crippen LogP) is 5.04. The van der Waals surface area contributed by atoms with Gasteiger partial charge >= 0.3 is 6.18 Å². The van der Waals surface area contributed by atoms with Crippen LogP contribution in [0.15, 0.2) is 55.0 Å². The highest BCUT2D eigenvalue weighted by Gasteiger charge is 2.35. The first-order valence-corrected chi connectivity index (χ1v) is 10.5. The van der Waals surface area contributed by atoms with Crippen molar-refractivity contribution in [3.05, 3.63) is 69.9 Å². The Morgan fingerprint density at radius 3 is 2.55 bits per heavy atom. The average molecular weight is 537 g/mol. The van der Waals surface area contributed by atoms with Crippen LogP contribution < -0.4 is 4.90 Å². The largest absolute Gasteiger partial charge is 0.416 e. The van der Waals surface area contributed by atoms with Gasteiger partial charge in [-0.25, -0.2) is 4.98 Å². The number of nitrogens with zero attached hydrogens (tertiary/aromatic N) is 5. The Balaban J connectivity index is 1.57. The number of amides is 1. The molecule has 5 rings (SSSR count). The van der Waals surface area contributed by atoms with Crippen molar-refractivity contribution < 1.29 is 18.0 Å². The summed E-state index contributed by atoms with van der Waals surface area (Å²) in [6.45, 7) is 2.24. The van der Waals surface area contributed by atoms with E-state index in [0.29, 0.717) is 23.5 Å². The molecule has 0 saturated carbocycles. The van der Waals surface area contributed by atoms with Crippen LogP contribution in [0.2, 0.25) is 0 Å². The molecule has 1 aliphatic heterocycles. The molecule has 0 fully saturated rings. The summed E-state index contributed by atoms with van der Waals surface area (Å²) in [5, 5.41) is 4.42. The van der Waals surface area contributed by atoms with Crippen LogP contribution in [-0.4, -0.2) is 31.6 Å². The minimum atomic E-state index is -4.42. The van der Waals surface area contributed by atoms with Crippen molar-refractivity contribution in [2.24, 2.45) is 0 Å². The highest BCUT2D eigenvalue weighted by atomic mass is 127. The SMILES string of the molecule is C[C@H]1CN(c2ccc(C(F)(F)F)cc2)C(=O)c2c(-c3ccc4ncc(I)n4c3)cnn21. The molecule has 0 saturated heterocycles. The van der Waals surface area contributed by atoms with Gasteiger partial charge in [0.05, 0.1) is 24.0 Å². The number of fused-ring (bicyclic) bond motifs is 2. The smallest absolute Gasteiger partial charge is 0.305 e. The zero-order valence-electron chi connectivity index (χ0n) is 16.1. The van der Waals surface area contributed by atoms with Gasteiger partial charge in [-0.2, -0.15) is 18.3 Å². The first-order chi connectivity index (χ1) is 14.7. The molecule has 6 nitrogen and oxygen atoms in total. The van der Waals surface area contributed by atoms with Gasteiger partial charge in [-0.1, -0.05) is 0 Å². The Kier molecular flexibility index (Phi) is 4.57. The van der Waals surface area contributed by atoms with Crippen molar-refractivity contribution in [1.82, 2.24) is 19.2 Å². The van der Waals surface area contributed by atoms with Gasteiger partial charge < -0.3 is 4.90 Å². The molecule has 31 heavy (non-hydrogen) atoms. The first kappa shape index (κ1) is 20.0. The summed E-state index contributed by atoms with van der Waals surface area (Å²) in [6, 6.07) is 8.26. The number of aromatic nitrogens is 4. The number of pyridine rings is 1. The lowest BCUT2D eigenvalue weighted by Gasteiger charge is -2.32. The van der Waals surface area contributed by atoms with Crippen LogP contribution in [0, 0.1) is 3.70 Å². The third-order valence-electron chi connectivity index (χ3n) is 5.39. The van der Waals surface area contributed by atoms with E-state index in [1.807, 2.05) is 29.7 Å². The summed E-state index contributed by atoms with van der Waals surface area (Å²) < 4.78 is 43.3. The number of hydrogen-bond acceptors (Lipinski definition) is 3. The Bertz CT molecular complexity index is 1310. The van der Waals surface area contributed by atoms with Crippen molar-refractivity contribution in [3.8, 4) is 11.1 Å². The summed E-state index contributed by atoms with van der Waals surface area (Å²) in [4.78, 5) is 19.2. The van der Waals surface area contributed by atoms with E-state index in [1.54, 1.807) is 17.1 Å². The minimum Gasteiger partial charge on any atom is -0.305 e. The summed E-state index contributed by atoms with van der Waals surface area (Å²) >= 11 is 2.18.